The summed E-state index contributed by atoms with van der Waals surface area (Å²) >= 11 is 1.36. The number of aromatic nitrogens is 3. The highest BCUT2D eigenvalue weighted by atomic mass is 32.2. The molecule has 8 heteroatoms. The zero-order chi connectivity index (χ0) is 24.1. The van der Waals surface area contributed by atoms with Crippen LogP contribution in [0.15, 0.2) is 82.6 Å². The Hall–Kier alpha value is -3.65. The highest BCUT2D eigenvalue weighted by Gasteiger charge is 2.22. The molecule has 1 N–H and O–H groups in total. The first kappa shape index (κ1) is 23.5. The third-order valence-corrected chi connectivity index (χ3v) is 6.34. The van der Waals surface area contributed by atoms with Gasteiger partial charge in [-0.15, -0.1) is 10.2 Å². The molecule has 0 aliphatic rings. The molecule has 0 bridgehead atoms. The van der Waals surface area contributed by atoms with Gasteiger partial charge in [-0.2, -0.15) is 0 Å². The van der Waals surface area contributed by atoms with Crippen LogP contribution in [0.2, 0.25) is 0 Å². The van der Waals surface area contributed by atoms with Crippen LogP contribution < -0.4 is 5.32 Å². The van der Waals surface area contributed by atoms with Crippen LogP contribution in [0.1, 0.15) is 36.9 Å². The molecule has 7 nitrogen and oxygen atoms in total. The number of furan rings is 1. The SMILES string of the molecule is CC(C)C(=O)Nc1ccc(C(=O)[C@H](C)Sc2nnc(-c3ccccc3)n2Cc2ccco2)cc1. The van der Waals surface area contributed by atoms with Crippen molar-refractivity contribution in [2.24, 2.45) is 5.92 Å². The standard InChI is InChI=1S/C26H26N4O3S/c1-17(2)25(32)27-21-13-11-19(12-14-21)23(31)18(3)34-26-29-28-24(20-8-5-4-6-9-20)30(26)16-22-10-7-15-33-22/h4-15,17-18H,16H2,1-3H3,(H,27,32)/t18-/m0/s1. The second-order valence-corrected chi connectivity index (χ2v) is 9.49. The van der Waals surface area contributed by atoms with Gasteiger partial charge in [-0.3, -0.25) is 14.2 Å². The largest absolute Gasteiger partial charge is 0.467 e. The third-order valence-electron chi connectivity index (χ3n) is 5.26. The van der Waals surface area contributed by atoms with Crippen molar-refractivity contribution in [2.75, 3.05) is 5.32 Å². The van der Waals surface area contributed by atoms with Crippen LogP contribution in [0.5, 0.6) is 0 Å². The van der Waals surface area contributed by atoms with Gasteiger partial charge >= 0.3 is 0 Å². The fourth-order valence-corrected chi connectivity index (χ4v) is 4.25. The second-order valence-electron chi connectivity index (χ2n) is 8.18. The molecule has 0 radical (unpaired) electrons. The summed E-state index contributed by atoms with van der Waals surface area (Å²) in [6, 6.07) is 20.5. The summed E-state index contributed by atoms with van der Waals surface area (Å²) in [5.41, 5.74) is 2.18. The molecule has 0 unspecified atom stereocenters. The zero-order valence-electron chi connectivity index (χ0n) is 19.3. The maximum absolute atomic E-state index is 13.1. The number of rotatable bonds is 9. The molecule has 174 valence electrons. The maximum atomic E-state index is 13.1. The lowest BCUT2D eigenvalue weighted by atomic mass is 10.1. The van der Waals surface area contributed by atoms with E-state index in [2.05, 4.69) is 15.5 Å². The van der Waals surface area contributed by atoms with E-state index in [1.165, 1.54) is 11.8 Å². The van der Waals surface area contributed by atoms with E-state index >= 15 is 0 Å². The molecule has 0 saturated heterocycles. The minimum Gasteiger partial charge on any atom is -0.467 e. The first-order valence-corrected chi connectivity index (χ1v) is 11.9. The Morgan fingerprint density at radius 1 is 0.971 bits per heavy atom. The summed E-state index contributed by atoms with van der Waals surface area (Å²) in [6.07, 6.45) is 1.63. The summed E-state index contributed by atoms with van der Waals surface area (Å²) in [5, 5.41) is 11.9. The van der Waals surface area contributed by atoms with E-state index in [1.807, 2.05) is 67.8 Å². The number of carbonyl (C=O) groups excluding carboxylic acids is 2. The molecule has 0 saturated carbocycles. The van der Waals surface area contributed by atoms with Crippen LogP contribution in [0.25, 0.3) is 11.4 Å². The number of nitrogens with zero attached hydrogens (tertiary/aromatic N) is 3. The van der Waals surface area contributed by atoms with Crippen molar-refractivity contribution in [3.8, 4) is 11.4 Å². The lowest BCUT2D eigenvalue weighted by molar-refractivity contribution is -0.118. The Labute approximate surface area is 202 Å². The van der Waals surface area contributed by atoms with E-state index in [0.29, 0.717) is 28.8 Å². The van der Waals surface area contributed by atoms with Crippen LogP contribution in [0.3, 0.4) is 0 Å². The topological polar surface area (TPSA) is 90.0 Å². The van der Waals surface area contributed by atoms with E-state index in [4.69, 9.17) is 4.42 Å². The predicted molar refractivity (Wildman–Crippen MR) is 133 cm³/mol. The number of Topliss-reactive ketones (excluding diaryl/α,β-unsaturated/α-hetero) is 1. The molecule has 0 aliphatic carbocycles. The van der Waals surface area contributed by atoms with Gasteiger partial charge in [0.1, 0.15) is 5.76 Å². The number of amides is 1. The molecule has 0 spiro atoms. The Morgan fingerprint density at radius 2 is 1.71 bits per heavy atom. The lowest BCUT2D eigenvalue weighted by Gasteiger charge is -2.13. The fraction of sp³-hybridized carbons (Fsp3) is 0.231. The smallest absolute Gasteiger partial charge is 0.226 e. The quantitative estimate of drug-likeness (QED) is 0.253. The van der Waals surface area contributed by atoms with Crippen LogP contribution in [-0.4, -0.2) is 31.7 Å². The van der Waals surface area contributed by atoms with Gasteiger partial charge in [0, 0.05) is 22.7 Å². The molecule has 1 amide bonds. The van der Waals surface area contributed by atoms with Crippen molar-refractivity contribution in [3.05, 3.63) is 84.3 Å². The molecule has 2 aromatic heterocycles. The van der Waals surface area contributed by atoms with E-state index in [-0.39, 0.29) is 22.9 Å². The van der Waals surface area contributed by atoms with Crippen molar-refractivity contribution in [3.63, 3.8) is 0 Å². The fourth-order valence-electron chi connectivity index (χ4n) is 3.33. The first-order chi connectivity index (χ1) is 16.4. The number of thioether (sulfide) groups is 1. The number of nitrogens with one attached hydrogen (secondary N) is 1. The number of carbonyl (C=O) groups is 2. The highest BCUT2D eigenvalue weighted by molar-refractivity contribution is 8.00. The Balaban J connectivity index is 1.53. The normalized spacial score (nSPS) is 12.0. The van der Waals surface area contributed by atoms with Gasteiger partial charge in [0.15, 0.2) is 16.8 Å². The average Bonchev–Trinajstić information content (AvgIpc) is 3.50. The number of anilines is 1. The van der Waals surface area contributed by atoms with Crippen LogP contribution in [-0.2, 0) is 11.3 Å². The number of hydrogen-bond acceptors (Lipinski definition) is 6. The van der Waals surface area contributed by atoms with Gasteiger partial charge < -0.3 is 9.73 Å². The Bertz CT molecular complexity index is 1250. The highest BCUT2D eigenvalue weighted by Crippen LogP contribution is 2.29. The molecule has 4 aromatic rings. The molecular formula is C26H26N4O3S. The van der Waals surface area contributed by atoms with Crippen molar-refractivity contribution >= 4 is 29.1 Å². The van der Waals surface area contributed by atoms with Crippen LogP contribution in [0.4, 0.5) is 5.69 Å². The first-order valence-electron chi connectivity index (χ1n) is 11.0. The van der Waals surface area contributed by atoms with Gasteiger partial charge in [-0.25, -0.2) is 0 Å². The molecule has 2 aromatic carbocycles. The van der Waals surface area contributed by atoms with Crippen molar-refractivity contribution < 1.29 is 14.0 Å². The minimum atomic E-state index is -0.390. The molecule has 2 heterocycles. The third kappa shape index (κ3) is 5.46. The summed E-state index contributed by atoms with van der Waals surface area (Å²) in [6.45, 7) is 5.98. The van der Waals surface area contributed by atoms with Gasteiger partial charge in [-0.05, 0) is 43.3 Å². The van der Waals surface area contributed by atoms with Gasteiger partial charge in [0.05, 0.1) is 18.1 Å². The molecule has 1 atom stereocenters. The van der Waals surface area contributed by atoms with Crippen molar-refractivity contribution in [1.29, 1.82) is 0 Å². The molecule has 34 heavy (non-hydrogen) atoms. The molecule has 0 aliphatic heterocycles. The van der Waals surface area contributed by atoms with Gasteiger partial charge in [0.2, 0.25) is 5.91 Å². The molecular weight excluding hydrogens is 448 g/mol. The summed E-state index contributed by atoms with van der Waals surface area (Å²) in [7, 11) is 0. The van der Waals surface area contributed by atoms with Gasteiger partial charge in [0.25, 0.3) is 0 Å². The zero-order valence-corrected chi connectivity index (χ0v) is 20.1. The minimum absolute atomic E-state index is 0.0273. The Morgan fingerprint density at radius 3 is 2.35 bits per heavy atom. The van der Waals surface area contributed by atoms with Crippen LogP contribution in [0, 0.1) is 5.92 Å². The Kier molecular flexibility index (Phi) is 7.27. The van der Waals surface area contributed by atoms with E-state index in [1.54, 1.807) is 30.5 Å². The molecule has 4 rings (SSSR count). The average molecular weight is 475 g/mol. The second kappa shape index (κ2) is 10.5. The van der Waals surface area contributed by atoms with Gasteiger partial charge in [-0.1, -0.05) is 55.9 Å². The predicted octanol–water partition coefficient (Wildman–Crippen LogP) is 5.54. The number of hydrogen-bond donors (Lipinski definition) is 1. The van der Waals surface area contributed by atoms with E-state index in [0.717, 1.165) is 11.3 Å². The summed E-state index contributed by atoms with van der Waals surface area (Å²) in [5.74, 6) is 1.28. The van der Waals surface area contributed by atoms with E-state index in [9.17, 15) is 9.59 Å². The summed E-state index contributed by atoms with van der Waals surface area (Å²) in [4.78, 5) is 25.0. The van der Waals surface area contributed by atoms with Crippen molar-refractivity contribution in [1.82, 2.24) is 14.8 Å². The lowest BCUT2D eigenvalue weighted by Crippen LogP contribution is -2.18. The van der Waals surface area contributed by atoms with Crippen LogP contribution >= 0.6 is 11.8 Å². The maximum Gasteiger partial charge on any atom is 0.226 e. The van der Waals surface area contributed by atoms with E-state index < -0.39 is 0 Å². The summed E-state index contributed by atoms with van der Waals surface area (Å²) < 4.78 is 7.51. The monoisotopic (exact) mass is 474 g/mol. The molecule has 0 fully saturated rings. The number of benzene rings is 2. The number of ketones is 1. The van der Waals surface area contributed by atoms with Crippen molar-refractivity contribution in [2.45, 2.75) is 37.7 Å².